The quantitative estimate of drug-likeness (QED) is 0.498. The molecule has 0 aromatic heterocycles. The number of methoxy groups -OCH3 is 3. The van der Waals surface area contributed by atoms with E-state index in [-0.39, 0.29) is 16.4 Å². The van der Waals surface area contributed by atoms with Gasteiger partial charge in [-0.05, 0) is 33.6 Å². The van der Waals surface area contributed by atoms with Crippen molar-refractivity contribution in [2.24, 2.45) is 5.92 Å². The fourth-order valence-corrected chi connectivity index (χ4v) is 4.18. The van der Waals surface area contributed by atoms with E-state index < -0.39 is 29.7 Å². The molecule has 8 nitrogen and oxygen atoms in total. The number of hydrogen-bond acceptors (Lipinski definition) is 8. The van der Waals surface area contributed by atoms with Gasteiger partial charge in [-0.25, -0.2) is 0 Å². The summed E-state index contributed by atoms with van der Waals surface area (Å²) in [5.74, 6) is -3.56. The predicted octanol–water partition coefficient (Wildman–Crippen LogP) is 2.10. The third kappa shape index (κ3) is 4.48. The monoisotopic (exact) mass is 468 g/mol. The zero-order valence-corrected chi connectivity index (χ0v) is 17.7. The third-order valence-electron chi connectivity index (χ3n) is 4.08. The van der Waals surface area contributed by atoms with Crippen LogP contribution in [0, 0.1) is 17.2 Å². The number of allylic oxidation sites excluding steroid dienone is 1. The predicted molar refractivity (Wildman–Crippen MR) is 104 cm³/mol. The summed E-state index contributed by atoms with van der Waals surface area (Å²) >= 11 is 4.33. The lowest BCUT2D eigenvalue weighted by Gasteiger charge is -2.31. The Kier molecular flexibility index (Phi) is 7.48. The van der Waals surface area contributed by atoms with Crippen molar-refractivity contribution in [2.75, 3.05) is 27.1 Å². The largest absolute Gasteiger partial charge is 0.496 e. The van der Waals surface area contributed by atoms with Crippen molar-refractivity contribution in [3.05, 3.63) is 38.8 Å². The van der Waals surface area contributed by atoms with Crippen molar-refractivity contribution in [3.63, 3.8) is 0 Å². The smallest absolute Gasteiger partial charge is 0.319 e. The van der Waals surface area contributed by atoms with Crippen molar-refractivity contribution in [1.29, 1.82) is 5.26 Å². The Bertz CT molecular complexity index is 879. The minimum Gasteiger partial charge on any atom is -0.496 e. The second-order valence-corrected chi connectivity index (χ2v) is 7.42. The molecule has 0 fully saturated rings. The van der Waals surface area contributed by atoms with E-state index in [1.54, 1.807) is 18.2 Å². The Morgan fingerprint density at radius 3 is 2.54 bits per heavy atom. The maximum atomic E-state index is 12.7. The van der Waals surface area contributed by atoms with Gasteiger partial charge < -0.3 is 19.5 Å². The van der Waals surface area contributed by atoms with Crippen LogP contribution in [0.2, 0.25) is 0 Å². The number of rotatable bonds is 6. The molecule has 2 rings (SSSR count). The van der Waals surface area contributed by atoms with Crippen LogP contribution in [-0.4, -0.2) is 44.9 Å². The number of thioether (sulfide) groups is 1. The molecule has 10 heteroatoms. The summed E-state index contributed by atoms with van der Waals surface area (Å²) in [4.78, 5) is 36.4. The first kappa shape index (κ1) is 21.8. The molecule has 0 saturated carbocycles. The van der Waals surface area contributed by atoms with Crippen LogP contribution in [0.25, 0.3) is 0 Å². The summed E-state index contributed by atoms with van der Waals surface area (Å²) < 4.78 is 15.2. The number of carbonyl (C=O) groups excluding carboxylic acids is 3. The van der Waals surface area contributed by atoms with Gasteiger partial charge >= 0.3 is 11.9 Å². The normalized spacial score (nSPS) is 18.8. The van der Waals surface area contributed by atoms with E-state index in [1.165, 1.54) is 21.3 Å². The number of benzene rings is 1. The van der Waals surface area contributed by atoms with Crippen LogP contribution < -0.4 is 10.1 Å². The van der Waals surface area contributed by atoms with E-state index in [9.17, 15) is 19.6 Å². The first-order chi connectivity index (χ1) is 13.4. The summed E-state index contributed by atoms with van der Waals surface area (Å²) in [6.07, 6.45) is 0. The standard InChI is InChI=1S/C18H17BrN2O6S/c1-25-12-5-4-9(6-11(12)19)14-10(7-20)17(28-8-13(22)26-2)21-16(23)15(14)18(24)27-3/h4-6,14-15H,8H2,1-3H3,(H,21,23)/t14-,15-/m0/s1. The number of hydrogen-bond donors (Lipinski definition) is 1. The van der Waals surface area contributed by atoms with Gasteiger partial charge in [-0.2, -0.15) is 5.26 Å². The second kappa shape index (κ2) is 9.61. The van der Waals surface area contributed by atoms with E-state index in [2.05, 4.69) is 32.1 Å². The average molecular weight is 469 g/mol. The Hall–Kier alpha value is -2.51. The Balaban J connectivity index is 2.58. The molecule has 0 spiro atoms. The SMILES string of the molecule is COC(=O)CSC1=C(C#N)[C@H](c2ccc(OC)c(Br)c2)[C@H](C(=O)OC)C(=O)N1. The first-order valence-electron chi connectivity index (χ1n) is 7.93. The minimum absolute atomic E-state index is 0.0980. The summed E-state index contributed by atoms with van der Waals surface area (Å²) in [6.45, 7) is 0. The zero-order valence-electron chi connectivity index (χ0n) is 15.3. The Morgan fingerprint density at radius 1 is 1.29 bits per heavy atom. The van der Waals surface area contributed by atoms with E-state index >= 15 is 0 Å². The van der Waals surface area contributed by atoms with Crippen molar-refractivity contribution in [1.82, 2.24) is 5.32 Å². The number of esters is 2. The molecule has 0 radical (unpaired) electrons. The molecule has 0 bridgehead atoms. The first-order valence-corrected chi connectivity index (χ1v) is 9.71. The molecule has 0 aliphatic carbocycles. The van der Waals surface area contributed by atoms with Crippen LogP contribution in [0.3, 0.4) is 0 Å². The highest BCUT2D eigenvalue weighted by Gasteiger charge is 2.44. The van der Waals surface area contributed by atoms with E-state index in [0.29, 0.717) is 15.8 Å². The van der Waals surface area contributed by atoms with Gasteiger partial charge in [0.15, 0.2) is 0 Å². The number of carbonyl (C=O) groups is 3. The molecule has 1 amide bonds. The molecule has 1 aliphatic rings. The van der Waals surface area contributed by atoms with Crippen molar-refractivity contribution in [2.45, 2.75) is 5.92 Å². The second-order valence-electron chi connectivity index (χ2n) is 5.58. The molecule has 2 atom stereocenters. The van der Waals surface area contributed by atoms with Gasteiger partial charge in [0.1, 0.15) is 11.7 Å². The van der Waals surface area contributed by atoms with Gasteiger partial charge in [0.25, 0.3) is 0 Å². The van der Waals surface area contributed by atoms with Crippen LogP contribution in [0.5, 0.6) is 5.75 Å². The number of halogens is 1. The fourth-order valence-electron chi connectivity index (χ4n) is 2.75. The summed E-state index contributed by atoms with van der Waals surface area (Å²) in [6, 6.07) is 7.07. The number of nitrogens with zero attached hydrogens (tertiary/aromatic N) is 1. The summed E-state index contributed by atoms with van der Waals surface area (Å²) in [7, 11) is 3.92. The summed E-state index contributed by atoms with van der Waals surface area (Å²) in [5, 5.41) is 12.5. The molecule has 0 unspecified atom stereocenters. The van der Waals surface area contributed by atoms with Crippen LogP contribution in [0.1, 0.15) is 11.5 Å². The molecule has 0 saturated heterocycles. The zero-order chi connectivity index (χ0) is 20.8. The molecule has 1 aromatic carbocycles. The lowest BCUT2D eigenvalue weighted by molar-refractivity contribution is -0.150. The number of nitriles is 1. The van der Waals surface area contributed by atoms with Crippen LogP contribution in [0.4, 0.5) is 0 Å². The molecule has 28 heavy (non-hydrogen) atoms. The van der Waals surface area contributed by atoms with Gasteiger partial charge in [0.05, 0.1) is 48.2 Å². The van der Waals surface area contributed by atoms with E-state index in [4.69, 9.17) is 9.47 Å². The summed E-state index contributed by atoms with van der Waals surface area (Å²) in [5.41, 5.74) is 0.701. The van der Waals surface area contributed by atoms with Crippen molar-refractivity contribution < 1.29 is 28.6 Å². The van der Waals surface area contributed by atoms with Crippen molar-refractivity contribution >= 4 is 45.5 Å². The third-order valence-corrected chi connectivity index (χ3v) is 5.69. The van der Waals surface area contributed by atoms with Crippen LogP contribution in [-0.2, 0) is 23.9 Å². The van der Waals surface area contributed by atoms with Gasteiger partial charge in [-0.3, -0.25) is 14.4 Å². The highest BCUT2D eigenvalue weighted by molar-refractivity contribution is 9.10. The van der Waals surface area contributed by atoms with Crippen LogP contribution >= 0.6 is 27.7 Å². The molecule has 148 valence electrons. The molecule has 1 aliphatic heterocycles. The average Bonchev–Trinajstić information content (AvgIpc) is 2.70. The van der Waals surface area contributed by atoms with Gasteiger partial charge in [0.2, 0.25) is 5.91 Å². The Morgan fingerprint density at radius 2 is 2.00 bits per heavy atom. The van der Waals surface area contributed by atoms with Gasteiger partial charge in [0, 0.05) is 5.92 Å². The molecule has 1 N–H and O–H groups in total. The van der Waals surface area contributed by atoms with Crippen molar-refractivity contribution in [3.8, 4) is 11.8 Å². The van der Waals surface area contributed by atoms with E-state index in [0.717, 1.165) is 11.8 Å². The molecule has 1 aromatic rings. The van der Waals surface area contributed by atoms with Gasteiger partial charge in [-0.15, -0.1) is 0 Å². The number of nitrogens with one attached hydrogen (secondary N) is 1. The lowest BCUT2D eigenvalue weighted by atomic mass is 9.78. The van der Waals surface area contributed by atoms with Crippen LogP contribution in [0.15, 0.2) is 33.3 Å². The topological polar surface area (TPSA) is 115 Å². The number of ether oxygens (including phenoxy) is 3. The fraction of sp³-hybridized carbons (Fsp3) is 0.333. The maximum Gasteiger partial charge on any atom is 0.319 e. The molecular weight excluding hydrogens is 452 g/mol. The highest BCUT2D eigenvalue weighted by atomic mass is 79.9. The minimum atomic E-state index is -1.25. The number of amides is 1. The molecule has 1 heterocycles. The highest BCUT2D eigenvalue weighted by Crippen LogP contribution is 2.41. The lowest BCUT2D eigenvalue weighted by Crippen LogP contribution is -2.44. The Labute approximate surface area is 174 Å². The van der Waals surface area contributed by atoms with E-state index in [1.807, 2.05) is 0 Å². The maximum absolute atomic E-state index is 12.7. The van der Waals surface area contributed by atoms with Gasteiger partial charge in [-0.1, -0.05) is 17.8 Å². The molecular formula is C18H17BrN2O6S.